The van der Waals surface area contributed by atoms with E-state index in [0.29, 0.717) is 6.61 Å². The minimum atomic E-state index is 0.602. The number of aromatic nitrogens is 2. The standard InChI is InChI=1S/C22H30N2O/c1-5-6-7-8-9-10-16-25-19-14-15-20-21(13-11-12-18(2)3)23-24(4)22(20)17-19/h5,9-10,12,14-15,17H,1,6-8,11,13,16H2,2-4H3/b10-9+. The Kier molecular flexibility index (Phi) is 7.52. The Bertz CT molecular complexity index is 749. The first-order valence-corrected chi connectivity index (χ1v) is 9.09. The third kappa shape index (κ3) is 5.93. The molecule has 2 aromatic rings. The van der Waals surface area contributed by atoms with Gasteiger partial charge in [0.1, 0.15) is 12.4 Å². The number of ether oxygens (including phenoxy) is 1. The first kappa shape index (κ1) is 19.0. The first-order valence-electron chi connectivity index (χ1n) is 9.09. The van der Waals surface area contributed by atoms with E-state index in [9.17, 15) is 0 Å². The quantitative estimate of drug-likeness (QED) is 0.406. The van der Waals surface area contributed by atoms with Crippen molar-refractivity contribution >= 4 is 10.9 Å². The van der Waals surface area contributed by atoms with Gasteiger partial charge in [0.25, 0.3) is 0 Å². The molecule has 0 bridgehead atoms. The van der Waals surface area contributed by atoms with Crippen LogP contribution in [-0.4, -0.2) is 16.4 Å². The summed E-state index contributed by atoms with van der Waals surface area (Å²) in [5.74, 6) is 0.891. The van der Waals surface area contributed by atoms with Crippen molar-refractivity contribution in [3.8, 4) is 5.75 Å². The Labute approximate surface area is 151 Å². The summed E-state index contributed by atoms with van der Waals surface area (Å²) in [4.78, 5) is 0. The van der Waals surface area contributed by atoms with E-state index in [1.807, 2.05) is 23.9 Å². The molecule has 0 atom stereocenters. The molecule has 1 heterocycles. The van der Waals surface area contributed by atoms with Gasteiger partial charge in [0.15, 0.2) is 0 Å². The highest BCUT2D eigenvalue weighted by Gasteiger charge is 2.09. The number of aryl methyl sites for hydroxylation is 2. The number of unbranched alkanes of at least 4 members (excludes halogenated alkanes) is 2. The summed E-state index contributed by atoms with van der Waals surface area (Å²) in [7, 11) is 2.00. The molecule has 0 amide bonds. The zero-order valence-electron chi connectivity index (χ0n) is 15.8. The van der Waals surface area contributed by atoms with Gasteiger partial charge < -0.3 is 4.74 Å². The van der Waals surface area contributed by atoms with Gasteiger partial charge in [-0.3, -0.25) is 4.68 Å². The van der Waals surface area contributed by atoms with Crippen molar-refractivity contribution in [2.24, 2.45) is 7.05 Å². The summed E-state index contributed by atoms with van der Waals surface area (Å²) in [6.45, 7) is 8.60. The third-order valence-corrected chi connectivity index (χ3v) is 4.13. The Morgan fingerprint density at radius 1 is 1.20 bits per heavy atom. The van der Waals surface area contributed by atoms with Crippen molar-refractivity contribution in [1.29, 1.82) is 0 Å². The molecule has 3 heteroatoms. The van der Waals surface area contributed by atoms with Crippen LogP contribution in [0.25, 0.3) is 10.9 Å². The van der Waals surface area contributed by atoms with Gasteiger partial charge in [-0.1, -0.05) is 29.9 Å². The van der Waals surface area contributed by atoms with E-state index in [4.69, 9.17) is 4.74 Å². The zero-order chi connectivity index (χ0) is 18.1. The van der Waals surface area contributed by atoms with E-state index >= 15 is 0 Å². The molecular formula is C22H30N2O. The highest BCUT2D eigenvalue weighted by atomic mass is 16.5. The Hall–Kier alpha value is -2.29. The van der Waals surface area contributed by atoms with Crippen molar-refractivity contribution in [2.45, 2.75) is 46.0 Å². The predicted molar refractivity (Wildman–Crippen MR) is 107 cm³/mol. The number of rotatable bonds is 10. The average Bonchev–Trinajstić information content (AvgIpc) is 2.89. The van der Waals surface area contributed by atoms with Gasteiger partial charge in [-0.2, -0.15) is 5.10 Å². The van der Waals surface area contributed by atoms with E-state index in [1.54, 1.807) is 0 Å². The molecule has 1 aromatic carbocycles. The molecule has 0 radical (unpaired) electrons. The Morgan fingerprint density at radius 3 is 2.80 bits per heavy atom. The van der Waals surface area contributed by atoms with Gasteiger partial charge >= 0.3 is 0 Å². The van der Waals surface area contributed by atoms with Gasteiger partial charge in [0.2, 0.25) is 0 Å². The van der Waals surface area contributed by atoms with Crippen molar-refractivity contribution < 1.29 is 4.74 Å². The SMILES string of the molecule is C=CCCC/C=C/COc1ccc2c(CCC=C(C)C)nn(C)c2c1. The van der Waals surface area contributed by atoms with Crippen LogP contribution in [0.1, 0.15) is 45.2 Å². The van der Waals surface area contributed by atoms with E-state index in [0.717, 1.165) is 49.1 Å². The van der Waals surface area contributed by atoms with Crippen LogP contribution >= 0.6 is 0 Å². The van der Waals surface area contributed by atoms with E-state index in [-0.39, 0.29) is 0 Å². The molecule has 0 N–H and O–H groups in total. The molecule has 0 fully saturated rings. The van der Waals surface area contributed by atoms with Crippen LogP contribution in [0.3, 0.4) is 0 Å². The normalized spacial score (nSPS) is 11.2. The Morgan fingerprint density at radius 2 is 2.04 bits per heavy atom. The number of hydrogen-bond donors (Lipinski definition) is 0. The number of allylic oxidation sites excluding steroid dienone is 4. The van der Waals surface area contributed by atoms with Crippen molar-refractivity contribution in [2.75, 3.05) is 6.61 Å². The molecule has 1 aromatic heterocycles. The lowest BCUT2D eigenvalue weighted by molar-refractivity contribution is 0.363. The van der Waals surface area contributed by atoms with Crippen LogP contribution in [0.15, 0.2) is 54.7 Å². The molecule has 0 aliphatic heterocycles. The lowest BCUT2D eigenvalue weighted by Gasteiger charge is -2.04. The second kappa shape index (κ2) is 9.87. The van der Waals surface area contributed by atoms with Crippen molar-refractivity contribution in [3.05, 3.63) is 60.3 Å². The topological polar surface area (TPSA) is 27.1 Å². The molecular weight excluding hydrogens is 308 g/mol. The fraction of sp³-hybridized carbons (Fsp3) is 0.409. The lowest BCUT2D eigenvalue weighted by Crippen LogP contribution is -1.94. The van der Waals surface area contributed by atoms with Crippen LogP contribution in [0.5, 0.6) is 5.75 Å². The largest absolute Gasteiger partial charge is 0.489 e. The molecule has 0 unspecified atom stereocenters. The molecule has 0 saturated carbocycles. The first-order chi connectivity index (χ1) is 12.1. The molecule has 0 saturated heterocycles. The lowest BCUT2D eigenvalue weighted by atomic mass is 10.1. The maximum atomic E-state index is 5.84. The summed E-state index contributed by atoms with van der Waals surface area (Å²) in [6.07, 6.45) is 13.8. The maximum Gasteiger partial charge on any atom is 0.121 e. The third-order valence-electron chi connectivity index (χ3n) is 4.13. The van der Waals surface area contributed by atoms with Gasteiger partial charge in [-0.05, 0) is 58.1 Å². The minimum absolute atomic E-state index is 0.602. The van der Waals surface area contributed by atoms with Crippen LogP contribution in [0.2, 0.25) is 0 Å². The minimum Gasteiger partial charge on any atom is -0.489 e. The maximum absolute atomic E-state index is 5.84. The molecule has 25 heavy (non-hydrogen) atoms. The number of benzene rings is 1. The number of hydrogen-bond acceptors (Lipinski definition) is 2. The molecule has 0 spiro atoms. The van der Waals surface area contributed by atoms with E-state index < -0.39 is 0 Å². The summed E-state index contributed by atoms with van der Waals surface area (Å²) >= 11 is 0. The number of fused-ring (bicyclic) bond motifs is 1. The molecule has 0 aliphatic carbocycles. The van der Waals surface area contributed by atoms with E-state index in [2.05, 4.69) is 55.9 Å². The highest BCUT2D eigenvalue weighted by Crippen LogP contribution is 2.24. The fourth-order valence-corrected chi connectivity index (χ4v) is 2.79. The van der Waals surface area contributed by atoms with Crippen LogP contribution in [-0.2, 0) is 13.5 Å². The zero-order valence-corrected chi connectivity index (χ0v) is 15.8. The fourth-order valence-electron chi connectivity index (χ4n) is 2.79. The molecule has 0 aliphatic rings. The molecule has 2 rings (SSSR count). The van der Waals surface area contributed by atoms with Gasteiger partial charge in [0.05, 0.1) is 11.2 Å². The number of nitrogens with zero attached hydrogens (tertiary/aromatic N) is 2. The molecule has 3 nitrogen and oxygen atoms in total. The second-order valence-corrected chi connectivity index (χ2v) is 6.57. The summed E-state index contributed by atoms with van der Waals surface area (Å²) in [6, 6.07) is 6.25. The van der Waals surface area contributed by atoms with E-state index in [1.165, 1.54) is 11.0 Å². The van der Waals surface area contributed by atoms with Gasteiger partial charge in [-0.25, -0.2) is 0 Å². The smallest absolute Gasteiger partial charge is 0.121 e. The van der Waals surface area contributed by atoms with Crippen LogP contribution < -0.4 is 4.74 Å². The van der Waals surface area contributed by atoms with Crippen LogP contribution in [0.4, 0.5) is 0 Å². The summed E-state index contributed by atoms with van der Waals surface area (Å²) in [5.41, 5.74) is 3.64. The molecule has 134 valence electrons. The summed E-state index contributed by atoms with van der Waals surface area (Å²) < 4.78 is 7.79. The Balaban J connectivity index is 1.96. The second-order valence-electron chi connectivity index (χ2n) is 6.57. The van der Waals surface area contributed by atoms with Gasteiger partial charge in [-0.15, -0.1) is 6.58 Å². The average molecular weight is 338 g/mol. The summed E-state index contributed by atoms with van der Waals surface area (Å²) in [5, 5.41) is 5.90. The highest BCUT2D eigenvalue weighted by molar-refractivity contribution is 5.83. The van der Waals surface area contributed by atoms with Gasteiger partial charge in [0, 0.05) is 18.5 Å². The van der Waals surface area contributed by atoms with Crippen LogP contribution in [0, 0.1) is 0 Å². The predicted octanol–water partition coefficient (Wildman–Crippen LogP) is 5.76. The monoisotopic (exact) mass is 338 g/mol. The van der Waals surface area contributed by atoms with Crippen molar-refractivity contribution in [1.82, 2.24) is 9.78 Å². The van der Waals surface area contributed by atoms with Crippen molar-refractivity contribution in [3.63, 3.8) is 0 Å².